The predicted molar refractivity (Wildman–Crippen MR) is 53.0 cm³/mol. The number of halogens is 1. The van der Waals surface area contributed by atoms with Crippen molar-refractivity contribution in [2.24, 2.45) is 5.73 Å². The Morgan fingerprint density at radius 2 is 2.14 bits per heavy atom. The zero-order valence-corrected chi connectivity index (χ0v) is 8.53. The van der Waals surface area contributed by atoms with Gasteiger partial charge in [0.2, 0.25) is 0 Å². The highest BCUT2D eigenvalue weighted by Gasteiger charge is 2.13. The summed E-state index contributed by atoms with van der Waals surface area (Å²) in [6.45, 7) is 0. The lowest BCUT2D eigenvalue weighted by molar-refractivity contribution is -0.142. The Balaban J connectivity index is 0.00000169. The summed E-state index contributed by atoms with van der Waals surface area (Å²) in [6.07, 6.45) is 5.06. The van der Waals surface area contributed by atoms with Crippen molar-refractivity contribution in [3.05, 3.63) is 24.3 Å². The van der Waals surface area contributed by atoms with Gasteiger partial charge in [0.1, 0.15) is 12.4 Å². The average Bonchev–Trinajstić information content (AvgIpc) is 2.18. The minimum absolute atomic E-state index is 0. The van der Waals surface area contributed by atoms with Crippen LogP contribution in [-0.4, -0.2) is 29.1 Å². The van der Waals surface area contributed by atoms with Gasteiger partial charge in [0.25, 0.3) is 0 Å². The molecule has 0 fully saturated rings. The highest BCUT2D eigenvalue weighted by Crippen LogP contribution is 1.98. The Kier molecular flexibility index (Phi) is 5.74. The van der Waals surface area contributed by atoms with E-state index in [0.717, 1.165) is 5.56 Å². The van der Waals surface area contributed by atoms with E-state index in [1.165, 1.54) is 13.4 Å². The summed E-state index contributed by atoms with van der Waals surface area (Å²) >= 11 is 0. The van der Waals surface area contributed by atoms with E-state index in [1.54, 1.807) is 12.4 Å². The molecule has 1 heterocycles. The number of methoxy groups -OCH3 is 1. The lowest BCUT2D eigenvalue weighted by Crippen LogP contribution is -2.33. The molecule has 0 spiro atoms. The molecular formula is C8H12ClN3O2. The van der Waals surface area contributed by atoms with E-state index in [-0.39, 0.29) is 12.4 Å². The zero-order chi connectivity index (χ0) is 9.68. The molecule has 2 N–H and O–H groups in total. The predicted octanol–water partition coefficient (Wildman–Crippen LogP) is -0.0588. The summed E-state index contributed by atoms with van der Waals surface area (Å²) in [5.41, 5.74) is 6.35. The van der Waals surface area contributed by atoms with Crippen molar-refractivity contribution >= 4 is 18.4 Å². The van der Waals surface area contributed by atoms with Crippen LogP contribution in [0.15, 0.2) is 18.7 Å². The minimum atomic E-state index is -0.643. The quantitative estimate of drug-likeness (QED) is 0.718. The number of carbonyl (C=O) groups is 1. The molecule has 0 amide bonds. The number of rotatable bonds is 3. The molecule has 5 nitrogen and oxygen atoms in total. The molecule has 0 saturated carbocycles. The number of hydrogen-bond acceptors (Lipinski definition) is 5. The first-order valence-electron chi connectivity index (χ1n) is 3.81. The molecule has 0 saturated heterocycles. The van der Waals surface area contributed by atoms with E-state index in [4.69, 9.17) is 5.73 Å². The average molecular weight is 218 g/mol. The van der Waals surface area contributed by atoms with E-state index < -0.39 is 12.0 Å². The number of hydrogen-bond donors (Lipinski definition) is 1. The van der Waals surface area contributed by atoms with Gasteiger partial charge in [0.05, 0.1) is 7.11 Å². The number of nitrogens with two attached hydrogens (primary N) is 1. The molecule has 0 aliphatic heterocycles. The van der Waals surface area contributed by atoms with Crippen molar-refractivity contribution in [3.63, 3.8) is 0 Å². The molecule has 0 aliphatic rings. The van der Waals surface area contributed by atoms with Gasteiger partial charge in [0.15, 0.2) is 0 Å². The van der Waals surface area contributed by atoms with Crippen molar-refractivity contribution < 1.29 is 9.53 Å². The van der Waals surface area contributed by atoms with Crippen LogP contribution in [0.5, 0.6) is 0 Å². The van der Waals surface area contributed by atoms with Crippen LogP contribution in [0.25, 0.3) is 0 Å². The third-order valence-corrected chi connectivity index (χ3v) is 1.57. The fraction of sp³-hybridized carbons (Fsp3) is 0.375. The molecule has 78 valence electrons. The van der Waals surface area contributed by atoms with Gasteiger partial charge in [-0.25, -0.2) is 9.97 Å². The van der Waals surface area contributed by atoms with Gasteiger partial charge in [-0.05, 0) is 5.56 Å². The van der Waals surface area contributed by atoms with Gasteiger partial charge in [0, 0.05) is 18.8 Å². The van der Waals surface area contributed by atoms with Crippen molar-refractivity contribution in [1.29, 1.82) is 0 Å². The highest BCUT2D eigenvalue weighted by atomic mass is 35.5. The summed E-state index contributed by atoms with van der Waals surface area (Å²) in [5.74, 6) is -0.427. The minimum Gasteiger partial charge on any atom is -0.468 e. The number of ether oxygens (including phenoxy) is 1. The maximum absolute atomic E-state index is 10.9. The van der Waals surface area contributed by atoms with E-state index in [2.05, 4.69) is 14.7 Å². The van der Waals surface area contributed by atoms with Crippen LogP contribution in [0.2, 0.25) is 0 Å². The summed E-state index contributed by atoms with van der Waals surface area (Å²) < 4.78 is 4.48. The molecule has 1 aromatic rings. The van der Waals surface area contributed by atoms with Gasteiger partial charge in [-0.1, -0.05) is 0 Å². The fourth-order valence-electron chi connectivity index (χ4n) is 0.924. The van der Waals surface area contributed by atoms with Crippen LogP contribution >= 0.6 is 12.4 Å². The van der Waals surface area contributed by atoms with E-state index >= 15 is 0 Å². The van der Waals surface area contributed by atoms with Crippen molar-refractivity contribution in [3.8, 4) is 0 Å². The summed E-state index contributed by atoms with van der Waals surface area (Å²) in [5, 5.41) is 0. The first kappa shape index (κ1) is 12.8. The van der Waals surface area contributed by atoms with Crippen molar-refractivity contribution in [2.75, 3.05) is 7.11 Å². The molecule has 14 heavy (non-hydrogen) atoms. The fourth-order valence-corrected chi connectivity index (χ4v) is 0.924. The standard InChI is InChI=1S/C8H11N3O2.ClH/c1-13-8(12)7(9)2-6-3-10-5-11-4-6;/h3-5,7H,2,9H2,1H3;1H. The van der Waals surface area contributed by atoms with Gasteiger partial charge in [-0.2, -0.15) is 0 Å². The van der Waals surface area contributed by atoms with Crippen LogP contribution in [0.1, 0.15) is 5.56 Å². The van der Waals surface area contributed by atoms with Crippen molar-refractivity contribution in [1.82, 2.24) is 9.97 Å². The Morgan fingerprint density at radius 3 is 2.64 bits per heavy atom. The topological polar surface area (TPSA) is 78.1 Å². The Labute approximate surface area is 88.1 Å². The van der Waals surface area contributed by atoms with Gasteiger partial charge in [-0.3, -0.25) is 4.79 Å². The van der Waals surface area contributed by atoms with E-state index in [9.17, 15) is 4.79 Å². The number of esters is 1. The third kappa shape index (κ3) is 3.68. The van der Waals surface area contributed by atoms with Crippen LogP contribution in [0.4, 0.5) is 0 Å². The number of aromatic nitrogens is 2. The Morgan fingerprint density at radius 1 is 1.57 bits per heavy atom. The van der Waals surface area contributed by atoms with Gasteiger partial charge in [-0.15, -0.1) is 12.4 Å². The first-order chi connectivity index (χ1) is 6.24. The van der Waals surface area contributed by atoms with Crippen LogP contribution < -0.4 is 5.73 Å². The molecular weight excluding hydrogens is 206 g/mol. The van der Waals surface area contributed by atoms with E-state index in [0.29, 0.717) is 6.42 Å². The maximum atomic E-state index is 10.9. The zero-order valence-electron chi connectivity index (χ0n) is 7.71. The van der Waals surface area contributed by atoms with Crippen LogP contribution in [0, 0.1) is 0 Å². The van der Waals surface area contributed by atoms with Crippen molar-refractivity contribution in [2.45, 2.75) is 12.5 Å². The second-order valence-corrected chi connectivity index (χ2v) is 2.58. The number of nitrogens with zero attached hydrogens (tertiary/aromatic N) is 2. The molecule has 1 rings (SSSR count). The highest BCUT2D eigenvalue weighted by molar-refractivity contribution is 5.85. The maximum Gasteiger partial charge on any atom is 0.322 e. The smallest absolute Gasteiger partial charge is 0.322 e. The Hall–Kier alpha value is -1.20. The largest absolute Gasteiger partial charge is 0.468 e. The SMILES string of the molecule is COC(=O)C(N)Cc1cncnc1.Cl. The molecule has 1 atom stereocenters. The molecule has 0 bridgehead atoms. The normalized spacial score (nSPS) is 11.3. The molecule has 0 aliphatic carbocycles. The number of carbonyl (C=O) groups excluding carboxylic acids is 1. The summed E-state index contributed by atoms with van der Waals surface area (Å²) in [4.78, 5) is 18.5. The molecule has 0 radical (unpaired) electrons. The molecule has 6 heteroatoms. The monoisotopic (exact) mass is 217 g/mol. The summed E-state index contributed by atoms with van der Waals surface area (Å²) in [7, 11) is 1.31. The van der Waals surface area contributed by atoms with Gasteiger partial charge < -0.3 is 10.5 Å². The second-order valence-electron chi connectivity index (χ2n) is 2.58. The van der Waals surface area contributed by atoms with Crippen LogP contribution in [0.3, 0.4) is 0 Å². The lowest BCUT2D eigenvalue weighted by Gasteiger charge is -2.07. The molecule has 1 aromatic heterocycles. The van der Waals surface area contributed by atoms with Gasteiger partial charge >= 0.3 is 5.97 Å². The lowest BCUT2D eigenvalue weighted by atomic mass is 10.1. The molecule has 0 aromatic carbocycles. The molecule has 1 unspecified atom stereocenters. The Bertz CT molecular complexity index is 281. The first-order valence-corrected chi connectivity index (χ1v) is 3.81. The third-order valence-electron chi connectivity index (χ3n) is 1.57. The summed E-state index contributed by atoms with van der Waals surface area (Å²) in [6, 6.07) is -0.643. The second kappa shape index (κ2) is 6.28. The van der Waals surface area contributed by atoms with Crippen LogP contribution in [-0.2, 0) is 16.0 Å². The van der Waals surface area contributed by atoms with E-state index in [1.807, 2.05) is 0 Å².